The maximum absolute atomic E-state index is 10.5. The van der Waals surface area contributed by atoms with E-state index < -0.39 is 0 Å². The summed E-state index contributed by atoms with van der Waals surface area (Å²) < 4.78 is 0. The summed E-state index contributed by atoms with van der Waals surface area (Å²) in [5.74, 6) is 0. The highest BCUT2D eigenvalue weighted by molar-refractivity contribution is 5.82. The number of fused-ring (bicyclic) bond motifs is 1. The van der Waals surface area contributed by atoms with Gasteiger partial charge in [0.2, 0.25) is 0 Å². The molecular weight excluding hydrogens is 272 g/mol. The molecule has 0 fully saturated rings. The van der Waals surface area contributed by atoms with E-state index in [2.05, 4.69) is 22.4 Å². The molecule has 0 amide bonds. The minimum absolute atomic E-state index is 0.467. The highest BCUT2D eigenvalue weighted by Crippen LogP contribution is 2.19. The first-order valence-corrected chi connectivity index (χ1v) is 7.38. The predicted octanol–water partition coefficient (Wildman–Crippen LogP) is 3.90. The first-order valence-electron chi connectivity index (χ1n) is 7.38. The van der Waals surface area contributed by atoms with Crippen molar-refractivity contribution in [2.24, 2.45) is 0 Å². The van der Waals surface area contributed by atoms with Crippen molar-refractivity contribution in [1.29, 1.82) is 0 Å². The number of hydrogen-bond acceptors (Lipinski definition) is 3. The number of rotatable bonds is 5. The number of para-hydroxylation sites is 1. The molecule has 110 valence electrons. The first kappa shape index (κ1) is 14.3. The molecule has 0 unspecified atom stereocenters. The van der Waals surface area contributed by atoms with Crippen LogP contribution in [0.5, 0.6) is 0 Å². The van der Waals surface area contributed by atoms with E-state index in [-0.39, 0.29) is 0 Å². The topological polar surface area (TPSA) is 42.0 Å². The van der Waals surface area contributed by atoms with Crippen molar-refractivity contribution in [3.05, 3.63) is 71.4 Å². The quantitative estimate of drug-likeness (QED) is 0.725. The SMILES string of the molecule is Cc1cc(CNc2ccc(CC=O)cc2)c2ccccc2n1. The van der Waals surface area contributed by atoms with Gasteiger partial charge in [-0.05, 0) is 42.3 Å². The van der Waals surface area contributed by atoms with E-state index in [1.165, 1.54) is 10.9 Å². The molecule has 0 aliphatic carbocycles. The largest absolute Gasteiger partial charge is 0.381 e. The number of aromatic nitrogens is 1. The van der Waals surface area contributed by atoms with Gasteiger partial charge in [0.25, 0.3) is 0 Å². The van der Waals surface area contributed by atoms with E-state index in [0.717, 1.165) is 35.3 Å². The lowest BCUT2D eigenvalue weighted by Crippen LogP contribution is -2.02. The lowest BCUT2D eigenvalue weighted by Gasteiger charge is -2.10. The fourth-order valence-electron chi connectivity index (χ4n) is 2.59. The van der Waals surface area contributed by atoms with Gasteiger partial charge in [0.1, 0.15) is 6.29 Å². The third kappa shape index (κ3) is 3.14. The molecule has 1 aromatic heterocycles. The second-order valence-corrected chi connectivity index (χ2v) is 5.36. The normalized spacial score (nSPS) is 10.6. The number of carbonyl (C=O) groups is 1. The Hall–Kier alpha value is -2.68. The van der Waals surface area contributed by atoms with E-state index >= 15 is 0 Å². The summed E-state index contributed by atoms with van der Waals surface area (Å²) >= 11 is 0. The van der Waals surface area contributed by atoms with Crippen molar-refractivity contribution in [2.75, 3.05) is 5.32 Å². The van der Waals surface area contributed by atoms with Crippen molar-refractivity contribution in [3.63, 3.8) is 0 Å². The van der Waals surface area contributed by atoms with Crippen LogP contribution in [0.1, 0.15) is 16.8 Å². The minimum Gasteiger partial charge on any atom is -0.381 e. The Labute approximate surface area is 130 Å². The number of hydrogen-bond donors (Lipinski definition) is 1. The first-order chi connectivity index (χ1) is 10.8. The van der Waals surface area contributed by atoms with Gasteiger partial charge in [-0.3, -0.25) is 4.98 Å². The van der Waals surface area contributed by atoms with Gasteiger partial charge in [0, 0.05) is 29.7 Å². The lowest BCUT2D eigenvalue weighted by atomic mass is 10.1. The Morgan fingerprint density at radius 3 is 2.64 bits per heavy atom. The molecule has 1 heterocycles. The van der Waals surface area contributed by atoms with Crippen LogP contribution in [-0.2, 0) is 17.8 Å². The Bertz CT molecular complexity index is 794. The Morgan fingerprint density at radius 2 is 1.86 bits per heavy atom. The molecule has 0 aliphatic rings. The number of pyridine rings is 1. The van der Waals surface area contributed by atoms with Crippen LogP contribution in [0.25, 0.3) is 10.9 Å². The van der Waals surface area contributed by atoms with E-state index in [0.29, 0.717) is 6.42 Å². The standard InChI is InChI=1S/C19H18N2O/c1-14-12-16(18-4-2-3-5-19(18)21-14)13-20-17-8-6-15(7-9-17)10-11-22/h2-9,11-12,20H,10,13H2,1H3. The molecule has 3 aromatic rings. The zero-order valence-electron chi connectivity index (χ0n) is 12.5. The number of nitrogens with one attached hydrogen (secondary N) is 1. The van der Waals surface area contributed by atoms with Crippen molar-refractivity contribution in [3.8, 4) is 0 Å². The second-order valence-electron chi connectivity index (χ2n) is 5.36. The number of benzene rings is 2. The van der Waals surface area contributed by atoms with Crippen molar-refractivity contribution in [2.45, 2.75) is 19.9 Å². The van der Waals surface area contributed by atoms with Crippen molar-refractivity contribution in [1.82, 2.24) is 4.98 Å². The third-order valence-corrected chi connectivity index (χ3v) is 3.69. The molecule has 0 bridgehead atoms. The van der Waals surface area contributed by atoms with Crippen LogP contribution in [0.15, 0.2) is 54.6 Å². The number of carbonyl (C=O) groups excluding carboxylic acids is 1. The molecule has 0 saturated heterocycles. The summed E-state index contributed by atoms with van der Waals surface area (Å²) in [4.78, 5) is 15.1. The van der Waals surface area contributed by atoms with Crippen LogP contribution >= 0.6 is 0 Å². The Morgan fingerprint density at radius 1 is 1.09 bits per heavy atom. The minimum atomic E-state index is 0.467. The van der Waals surface area contributed by atoms with Gasteiger partial charge < -0.3 is 10.1 Å². The van der Waals surface area contributed by atoms with E-state index in [1.54, 1.807) is 0 Å². The Kier molecular flexibility index (Phi) is 4.15. The zero-order chi connectivity index (χ0) is 15.4. The molecule has 0 aliphatic heterocycles. The van der Waals surface area contributed by atoms with Crippen LogP contribution in [0.3, 0.4) is 0 Å². The van der Waals surface area contributed by atoms with Gasteiger partial charge in [-0.15, -0.1) is 0 Å². The highest BCUT2D eigenvalue weighted by atomic mass is 16.1. The molecule has 0 atom stereocenters. The summed E-state index contributed by atoms with van der Waals surface area (Å²) in [6.45, 7) is 2.76. The lowest BCUT2D eigenvalue weighted by molar-refractivity contribution is -0.107. The molecule has 0 spiro atoms. The van der Waals surface area contributed by atoms with Crippen molar-refractivity contribution < 1.29 is 4.79 Å². The van der Waals surface area contributed by atoms with Crippen LogP contribution in [-0.4, -0.2) is 11.3 Å². The summed E-state index contributed by atoms with van der Waals surface area (Å²) in [5.41, 5.74) is 5.37. The average molecular weight is 290 g/mol. The maximum Gasteiger partial charge on any atom is 0.124 e. The molecule has 0 radical (unpaired) electrons. The molecule has 22 heavy (non-hydrogen) atoms. The number of aryl methyl sites for hydroxylation is 1. The molecule has 3 nitrogen and oxygen atoms in total. The van der Waals surface area contributed by atoms with Gasteiger partial charge in [-0.2, -0.15) is 0 Å². The number of anilines is 1. The van der Waals surface area contributed by atoms with Gasteiger partial charge in [0.05, 0.1) is 5.52 Å². The van der Waals surface area contributed by atoms with E-state index in [4.69, 9.17) is 0 Å². The van der Waals surface area contributed by atoms with Crippen LogP contribution in [0, 0.1) is 6.92 Å². The van der Waals surface area contributed by atoms with Crippen molar-refractivity contribution >= 4 is 22.9 Å². The highest BCUT2D eigenvalue weighted by Gasteiger charge is 2.03. The van der Waals surface area contributed by atoms with Gasteiger partial charge in [-0.25, -0.2) is 0 Å². The molecular formula is C19H18N2O. The van der Waals surface area contributed by atoms with Gasteiger partial charge in [0.15, 0.2) is 0 Å². The van der Waals surface area contributed by atoms with Gasteiger partial charge in [-0.1, -0.05) is 30.3 Å². The molecule has 3 heteroatoms. The summed E-state index contributed by atoms with van der Waals surface area (Å²) in [7, 11) is 0. The summed E-state index contributed by atoms with van der Waals surface area (Å²) in [6.07, 6.45) is 1.39. The fraction of sp³-hybridized carbons (Fsp3) is 0.158. The summed E-state index contributed by atoms with van der Waals surface area (Å²) in [6, 6.07) is 18.3. The predicted molar refractivity (Wildman–Crippen MR) is 90.0 cm³/mol. The molecule has 2 aromatic carbocycles. The fourth-order valence-corrected chi connectivity index (χ4v) is 2.59. The Balaban J connectivity index is 1.80. The zero-order valence-corrected chi connectivity index (χ0v) is 12.5. The average Bonchev–Trinajstić information content (AvgIpc) is 2.54. The second kappa shape index (κ2) is 6.39. The van der Waals surface area contributed by atoms with E-state index in [9.17, 15) is 4.79 Å². The smallest absolute Gasteiger partial charge is 0.124 e. The van der Waals surface area contributed by atoms with Crippen LogP contribution < -0.4 is 5.32 Å². The van der Waals surface area contributed by atoms with Crippen LogP contribution in [0.2, 0.25) is 0 Å². The molecule has 1 N–H and O–H groups in total. The maximum atomic E-state index is 10.5. The number of aldehydes is 1. The monoisotopic (exact) mass is 290 g/mol. The van der Waals surface area contributed by atoms with Crippen LogP contribution in [0.4, 0.5) is 5.69 Å². The number of nitrogens with zero attached hydrogens (tertiary/aromatic N) is 1. The summed E-state index contributed by atoms with van der Waals surface area (Å²) in [5, 5.41) is 4.61. The van der Waals surface area contributed by atoms with Gasteiger partial charge >= 0.3 is 0 Å². The molecule has 0 saturated carbocycles. The van der Waals surface area contributed by atoms with E-state index in [1.807, 2.05) is 49.4 Å². The molecule has 3 rings (SSSR count). The third-order valence-electron chi connectivity index (χ3n) is 3.69.